The zero-order chi connectivity index (χ0) is 11.0. The molecule has 0 aromatic carbocycles. The molecule has 0 aliphatic rings. The van der Waals surface area contributed by atoms with Gasteiger partial charge in [0.25, 0.3) is 0 Å². The highest BCUT2D eigenvalue weighted by Crippen LogP contribution is 2.12. The minimum absolute atomic E-state index is 0.200. The lowest BCUT2D eigenvalue weighted by Gasteiger charge is -2.16. The van der Waals surface area contributed by atoms with E-state index in [1.54, 1.807) is 0 Å². The Kier molecular flexibility index (Phi) is 7.48. The minimum Gasteiger partial charge on any atom is -0.466 e. The molecule has 0 fully saturated rings. The normalized spacial score (nSPS) is 14.9. The highest BCUT2D eigenvalue weighted by molar-refractivity contribution is 5.69. The van der Waals surface area contributed by atoms with Crippen LogP contribution in [0.1, 0.15) is 46.5 Å². The molecule has 0 radical (unpaired) electrons. The molecule has 2 atom stereocenters. The Balaban J connectivity index is 3.55. The molecule has 84 valence electrons. The van der Waals surface area contributed by atoms with Crippen LogP contribution in [-0.4, -0.2) is 23.8 Å². The minimum atomic E-state index is -0.380. The van der Waals surface area contributed by atoms with Gasteiger partial charge in [-0.05, 0) is 18.8 Å². The number of carbonyl (C=O) groups excluding carboxylic acids is 1. The SMILES string of the molecule is CCCOC(=O)CCC(O)C(C)CC. The molecule has 0 aromatic heterocycles. The molecular weight excluding hydrogens is 180 g/mol. The van der Waals surface area contributed by atoms with Crippen LogP contribution in [0.5, 0.6) is 0 Å². The first kappa shape index (κ1) is 13.4. The summed E-state index contributed by atoms with van der Waals surface area (Å²) in [5.74, 6) is 0.0585. The summed E-state index contributed by atoms with van der Waals surface area (Å²) < 4.78 is 4.90. The van der Waals surface area contributed by atoms with Gasteiger partial charge in [0.1, 0.15) is 0 Å². The molecule has 0 saturated carbocycles. The average Bonchev–Trinajstić information content (AvgIpc) is 2.21. The highest BCUT2D eigenvalue weighted by Gasteiger charge is 2.14. The fourth-order valence-corrected chi connectivity index (χ4v) is 1.11. The van der Waals surface area contributed by atoms with Gasteiger partial charge in [-0.15, -0.1) is 0 Å². The van der Waals surface area contributed by atoms with Crippen LogP contribution < -0.4 is 0 Å². The number of rotatable bonds is 7. The van der Waals surface area contributed by atoms with Gasteiger partial charge in [0.15, 0.2) is 0 Å². The molecule has 0 spiro atoms. The van der Waals surface area contributed by atoms with Gasteiger partial charge in [-0.1, -0.05) is 27.2 Å². The predicted octanol–water partition coefficient (Wildman–Crippen LogP) is 2.13. The van der Waals surface area contributed by atoms with Crippen LogP contribution in [0.4, 0.5) is 0 Å². The van der Waals surface area contributed by atoms with E-state index in [1.807, 2.05) is 20.8 Å². The first-order valence-electron chi connectivity index (χ1n) is 5.45. The van der Waals surface area contributed by atoms with E-state index in [2.05, 4.69) is 0 Å². The van der Waals surface area contributed by atoms with Crippen molar-refractivity contribution in [3.05, 3.63) is 0 Å². The molecule has 0 amide bonds. The van der Waals surface area contributed by atoms with Crippen LogP contribution in [0.15, 0.2) is 0 Å². The van der Waals surface area contributed by atoms with E-state index in [9.17, 15) is 9.90 Å². The third-order valence-electron chi connectivity index (χ3n) is 2.41. The Morgan fingerprint density at radius 3 is 2.57 bits per heavy atom. The van der Waals surface area contributed by atoms with E-state index in [1.165, 1.54) is 0 Å². The van der Waals surface area contributed by atoms with Crippen molar-refractivity contribution >= 4 is 5.97 Å². The van der Waals surface area contributed by atoms with Crippen LogP contribution in [-0.2, 0) is 9.53 Å². The molecule has 0 aliphatic heterocycles. The Morgan fingerprint density at radius 1 is 1.43 bits per heavy atom. The van der Waals surface area contributed by atoms with E-state index in [4.69, 9.17) is 4.74 Å². The van der Waals surface area contributed by atoms with Gasteiger partial charge in [0, 0.05) is 6.42 Å². The summed E-state index contributed by atoms with van der Waals surface area (Å²) in [6.45, 7) is 6.46. The second kappa shape index (κ2) is 7.80. The molecule has 2 unspecified atom stereocenters. The Bertz CT molecular complexity index is 157. The molecular formula is C11H22O3. The third kappa shape index (κ3) is 5.97. The van der Waals surface area contributed by atoms with Crippen molar-refractivity contribution < 1.29 is 14.6 Å². The fraction of sp³-hybridized carbons (Fsp3) is 0.909. The van der Waals surface area contributed by atoms with Crippen molar-refractivity contribution in [2.45, 2.75) is 52.6 Å². The third-order valence-corrected chi connectivity index (χ3v) is 2.41. The van der Waals surface area contributed by atoms with E-state index in [0.717, 1.165) is 12.8 Å². The quantitative estimate of drug-likeness (QED) is 0.643. The summed E-state index contributed by atoms with van der Waals surface area (Å²) in [5, 5.41) is 9.58. The number of aliphatic hydroxyl groups excluding tert-OH is 1. The first-order valence-corrected chi connectivity index (χ1v) is 5.45. The monoisotopic (exact) mass is 202 g/mol. The summed E-state index contributed by atoms with van der Waals surface area (Å²) in [6, 6.07) is 0. The Labute approximate surface area is 86.5 Å². The molecule has 0 heterocycles. The molecule has 3 heteroatoms. The summed E-state index contributed by atoms with van der Waals surface area (Å²) in [6.07, 6.45) is 2.24. The number of ether oxygens (including phenoxy) is 1. The lowest BCUT2D eigenvalue weighted by atomic mass is 9.98. The molecule has 0 aliphatic carbocycles. The van der Waals surface area contributed by atoms with E-state index < -0.39 is 0 Å². The lowest BCUT2D eigenvalue weighted by molar-refractivity contribution is -0.144. The molecule has 14 heavy (non-hydrogen) atoms. The largest absolute Gasteiger partial charge is 0.466 e. The maximum absolute atomic E-state index is 11.1. The smallest absolute Gasteiger partial charge is 0.305 e. The van der Waals surface area contributed by atoms with Crippen molar-refractivity contribution in [2.24, 2.45) is 5.92 Å². The topological polar surface area (TPSA) is 46.5 Å². The summed E-state index contributed by atoms with van der Waals surface area (Å²) in [7, 11) is 0. The Hall–Kier alpha value is -0.570. The molecule has 0 rings (SSSR count). The van der Waals surface area contributed by atoms with Gasteiger partial charge in [0.05, 0.1) is 12.7 Å². The van der Waals surface area contributed by atoms with Crippen LogP contribution in [0.2, 0.25) is 0 Å². The van der Waals surface area contributed by atoms with Crippen LogP contribution in [0.3, 0.4) is 0 Å². The lowest BCUT2D eigenvalue weighted by Crippen LogP contribution is -2.19. The van der Waals surface area contributed by atoms with Gasteiger partial charge >= 0.3 is 5.97 Å². The van der Waals surface area contributed by atoms with Crippen molar-refractivity contribution in [1.29, 1.82) is 0 Å². The number of carbonyl (C=O) groups is 1. The molecule has 0 aromatic rings. The second-order valence-electron chi connectivity index (χ2n) is 3.71. The number of aliphatic hydroxyl groups is 1. The molecule has 0 saturated heterocycles. The van der Waals surface area contributed by atoms with E-state index in [0.29, 0.717) is 19.4 Å². The van der Waals surface area contributed by atoms with Crippen molar-refractivity contribution in [2.75, 3.05) is 6.61 Å². The number of esters is 1. The van der Waals surface area contributed by atoms with Gasteiger partial charge in [-0.25, -0.2) is 0 Å². The van der Waals surface area contributed by atoms with E-state index >= 15 is 0 Å². The average molecular weight is 202 g/mol. The van der Waals surface area contributed by atoms with Crippen molar-refractivity contribution in [1.82, 2.24) is 0 Å². The number of hydrogen-bond acceptors (Lipinski definition) is 3. The summed E-state index contributed by atoms with van der Waals surface area (Å²) in [5.41, 5.74) is 0. The fourth-order valence-electron chi connectivity index (χ4n) is 1.11. The first-order chi connectivity index (χ1) is 6.61. The van der Waals surface area contributed by atoms with Gasteiger partial charge in [-0.3, -0.25) is 4.79 Å². The van der Waals surface area contributed by atoms with Gasteiger partial charge in [0.2, 0.25) is 0 Å². The summed E-state index contributed by atoms with van der Waals surface area (Å²) >= 11 is 0. The summed E-state index contributed by atoms with van der Waals surface area (Å²) in [4.78, 5) is 11.1. The predicted molar refractivity (Wildman–Crippen MR) is 55.9 cm³/mol. The van der Waals surface area contributed by atoms with Crippen LogP contribution in [0, 0.1) is 5.92 Å². The zero-order valence-corrected chi connectivity index (χ0v) is 9.45. The molecule has 3 nitrogen and oxygen atoms in total. The highest BCUT2D eigenvalue weighted by atomic mass is 16.5. The molecule has 1 N–H and O–H groups in total. The second-order valence-corrected chi connectivity index (χ2v) is 3.71. The van der Waals surface area contributed by atoms with Crippen molar-refractivity contribution in [3.8, 4) is 0 Å². The standard InChI is InChI=1S/C11H22O3/c1-4-8-14-11(13)7-6-10(12)9(3)5-2/h9-10,12H,4-8H2,1-3H3. The van der Waals surface area contributed by atoms with Crippen LogP contribution >= 0.6 is 0 Å². The number of hydrogen-bond donors (Lipinski definition) is 1. The van der Waals surface area contributed by atoms with Crippen molar-refractivity contribution in [3.63, 3.8) is 0 Å². The maximum atomic E-state index is 11.1. The Morgan fingerprint density at radius 2 is 2.07 bits per heavy atom. The van der Waals surface area contributed by atoms with Gasteiger partial charge in [-0.2, -0.15) is 0 Å². The maximum Gasteiger partial charge on any atom is 0.305 e. The molecule has 0 bridgehead atoms. The van der Waals surface area contributed by atoms with Gasteiger partial charge < -0.3 is 9.84 Å². The van der Waals surface area contributed by atoms with Crippen LogP contribution in [0.25, 0.3) is 0 Å². The zero-order valence-electron chi connectivity index (χ0n) is 9.45. The van der Waals surface area contributed by atoms with E-state index in [-0.39, 0.29) is 18.0 Å².